The van der Waals surface area contributed by atoms with Crippen molar-refractivity contribution in [1.29, 1.82) is 0 Å². The molecule has 0 radical (unpaired) electrons. The van der Waals surface area contributed by atoms with Gasteiger partial charge < -0.3 is 20.1 Å². The minimum absolute atomic E-state index is 0.0657. The van der Waals surface area contributed by atoms with E-state index in [4.69, 9.17) is 9.47 Å². The van der Waals surface area contributed by atoms with Crippen molar-refractivity contribution in [3.8, 4) is 5.75 Å². The minimum atomic E-state index is -4.17. The van der Waals surface area contributed by atoms with Crippen molar-refractivity contribution in [3.05, 3.63) is 78.4 Å². The van der Waals surface area contributed by atoms with Crippen LogP contribution in [0.5, 0.6) is 5.75 Å². The second-order valence-electron chi connectivity index (χ2n) is 7.76. The third-order valence-corrected chi connectivity index (χ3v) is 6.88. The number of hydrogen-bond acceptors (Lipinski definition) is 7. The summed E-state index contributed by atoms with van der Waals surface area (Å²) in [4.78, 5) is 36.0. The molecular formula is C26H27N3O7S. The van der Waals surface area contributed by atoms with E-state index in [1.807, 2.05) is 0 Å². The molecule has 0 unspecified atom stereocenters. The quantitative estimate of drug-likeness (QED) is 0.386. The van der Waals surface area contributed by atoms with Crippen LogP contribution in [-0.2, 0) is 24.3 Å². The number of ether oxygens (including phenoxy) is 2. The molecule has 0 saturated carbocycles. The fraction of sp³-hybridized carbons (Fsp3) is 0.192. The van der Waals surface area contributed by atoms with Crippen molar-refractivity contribution in [1.82, 2.24) is 0 Å². The lowest BCUT2D eigenvalue weighted by Crippen LogP contribution is -2.38. The SMILES string of the molecule is CCOC(=O)c1ccc(NC(=O)CN(c2ccc(OC)cc2)S(=O)(=O)c2ccc(NC(C)=O)cc2)cc1. The summed E-state index contributed by atoms with van der Waals surface area (Å²) in [5, 5.41) is 5.23. The first-order valence-electron chi connectivity index (χ1n) is 11.3. The summed E-state index contributed by atoms with van der Waals surface area (Å²) >= 11 is 0. The fourth-order valence-electron chi connectivity index (χ4n) is 3.34. The number of amides is 2. The van der Waals surface area contributed by atoms with Gasteiger partial charge >= 0.3 is 5.97 Å². The van der Waals surface area contributed by atoms with Crippen LogP contribution < -0.4 is 19.7 Å². The van der Waals surface area contributed by atoms with Gasteiger partial charge in [-0.25, -0.2) is 13.2 Å². The summed E-state index contributed by atoms with van der Waals surface area (Å²) < 4.78 is 38.2. The largest absolute Gasteiger partial charge is 0.497 e. The predicted octanol–water partition coefficient (Wildman–Crippen LogP) is 3.66. The number of carbonyl (C=O) groups excluding carboxylic acids is 3. The molecule has 0 aliphatic carbocycles. The fourth-order valence-corrected chi connectivity index (χ4v) is 4.76. The Morgan fingerprint density at radius 2 is 1.41 bits per heavy atom. The average Bonchev–Trinajstić information content (AvgIpc) is 2.88. The highest BCUT2D eigenvalue weighted by Gasteiger charge is 2.27. The Kier molecular flexibility index (Phi) is 8.86. The zero-order valence-electron chi connectivity index (χ0n) is 20.6. The lowest BCUT2D eigenvalue weighted by atomic mass is 10.2. The molecule has 0 aliphatic rings. The van der Waals surface area contributed by atoms with Gasteiger partial charge in [-0.2, -0.15) is 0 Å². The molecule has 3 aromatic carbocycles. The van der Waals surface area contributed by atoms with Gasteiger partial charge in [0.2, 0.25) is 11.8 Å². The number of anilines is 3. The van der Waals surface area contributed by atoms with Crippen molar-refractivity contribution in [2.75, 3.05) is 35.2 Å². The first-order chi connectivity index (χ1) is 17.6. The zero-order valence-corrected chi connectivity index (χ0v) is 21.4. The van der Waals surface area contributed by atoms with Crippen molar-refractivity contribution >= 4 is 44.9 Å². The molecule has 194 valence electrons. The Balaban J connectivity index is 1.86. The van der Waals surface area contributed by atoms with Crippen LogP contribution in [0.25, 0.3) is 0 Å². The number of benzene rings is 3. The molecule has 11 heteroatoms. The van der Waals surface area contributed by atoms with Crippen LogP contribution in [0, 0.1) is 0 Å². The standard InChI is InChI=1S/C26H27N3O7S/c1-4-36-26(32)19-5-7-21(8-6-19)28-25(31)17-29(22-11-13-23(35-3)14-12-22)37(33,34)24-15-9-20(10-16-24)27-18(2)30/h5-16H,4,17H2,1-3H3,(H,27,30)(H,28,31). The van der Waals surface area contributed by atoms with E-state index >= 15 is 0 Å². The summed E-state index contributed by atoms with van der Waals surface area (Å²) in [6.45, 7) is 2.76. The van der Waals surface area contributed by atoms with Gasteiger partial charge in [0.05, 0.1) is 29.9 Å². The Morgan fingerprint density at radius 3 is 1.95 bits per heavy atom. The summed E-state index contributed by atoms with van der Waals surface area (Å²) in [5.41, 5.74) is 1.39. The molecule has 0 fully saturated rings. The average molecular weight is 526 g/mol. The molecule has 0 aliphatic heterocycles. The lowest BCUT2D eigenvalue weighted by Gasteiger charge is -2.24. The molecule has 0 bridgehead atoms. The van der Waals surface area contributed by atoms with Gasteiger partial charge in [-0.1, -0.05) is 0 Å². The molecule has 0 aromatic heterocycles. The van der Waals surface area contributed by atoms with Gasteiger partial charge in [-0.3, -0.25) is 13.9 Å². The highest BCUT2D eigenvalue weighted by Crippen LogP contribution is 2.27. The monoisotopic (exact) mass is 525 g/mol. The molecule has 0 spiro atoms. The van der Waals surface area contributed by atoms with Crippen molar-refractivity contribution in [2.45, 2.75) is 18.7 Å². The summed E-state index contributed by atoms with van der Waals surface area (Å²) in [6.07, 6.45) is 0. The number of nitrogens with zero attached hydrogens (tertiary/aromatic N) is 1. The Labute approximate surface area is 215 Å². The van der Waals surface area contributed by atoms with Crippen LogP contribution in [-0.4, -0.2) is 46.5 Å². The Morgan fingerprint density at radius 1 is 0.838 bits per heavy atom. The Hall–Kier alpha value is -4.38. The van der Waals surface area contributed by atoms with E-state index in [2.05, 4.69) is 10.6 Å². The van der Waals surface area contributed by atoms with Gasteiger partial charge in [-0.15, -0.1) is 0 Å². The van der Waals surface area contributed by atoms with Crippen LogP contribution in [0.15, 0.2) is 77.7 Å². The van der Waals surface area contributed by atoms with Gasteiger partial charge in [0.25, 0.3) is 10.0 Å². The number of carbonyl (C=O) groups is 3. The molecule has 3 aromatic rings. The molecule has 2 N–H and O–H groups in total. The normalized spacial score (nSPS) is 10.8. The van der Waals surface area contributed by atoms with Crippen LogP contribution in [0.2, 0.25) is 0 Å². The van der Waals surface area contributed by atoms with Crippen molar-refractivity contribution < 1.29 is 32.3 Å². The van der Waals surface area contributed by atoms with Crippen LogP contribution in [0.1, 0.15) is 24.2 Å². The topological polar surface area (TPSA) is 131 Å². The summed E-state index contributed by atoms with van der Waals surface area (Å²) in [6, 6.07) is 17.9. The molecule has 0 heterocycles. The van der Waals surface area contributed by atoms with Crippen molar-refractivity contribution in [3.63, 3.8) is 0 Å². The molecule has 0 saturated heterocycles. The predicted molar refractivity (Wildman–Crippen MR) is 139 cm³/mol. The van der Waals surface area contributed by atoms with E-state index in [0.29, 0.717) is 22.7 Å². The zero-order chi connectivity index (χ0) is 27.0. The van der Waals surface area contributed by atoms with Gasteiger partial charge in [-0.05, 0) is 79.7 Å². The summed E-state index contributed by atoms with van der Waals surface area (Å²) in [5.74, 6) is -0.853. The number of sulfonamides is 1. The number of esters is 1. The number of hydrogen-bond donors (Lipinski definition) is 2. The smallest absolute Gasteiger partial charge is 0.338 e. The van der Waals surface area contributed by atoms with E-state index < -0.39 is 28.4 Å². The molecule has 0 atom stereocenters. The lowest BCUT2D eigenvalue weighted by molar-refractivity contribution is -0.115. The van der Waals surface area contributed by atoms with E-state index in [-0.39, 0.29) is 23.1 Å². The second-order valence-corrected chi connectivity index (χ2v) is 9.62. The van der Waals surface area contributed by atoms with E-state index in [1.165, 1.54) is 74.7 Å². The van der Waals surface area contributed by atoms with E-state index in [1.54, 1.807) is 19.1 Å². The first kappa shape index (κ1) is 27.2. The van der Waals surface area contributed by atoms with Crippen molar-refractivity contribution in [2.24, 2.45) is 0 Å². The third-order valence-electron chi connectivity index (χ3n) is 5.09. The van der Waals surface area contributed by atoms with Gasteiger partial charge in [0.1, 0.15) is 12.3 Å². The van der Waals surface area contributed by atoms with Gasteiger partial charge in [0, 0.05) is 18.3 Å². The number of rotatable bonds is 10. The first-order valence-corrected chi connectivity index (χ1v) is 12.7. The maximum Gasteiger partial charge on any atom is 0.338 e. The van der Waals surface area contributed by atoms with Gasteiger partial charge in [0.15, 0.2) is 0 Å². The van der Waals surface area contributed by atoms with Crippen LogP contribution in [0.4, 0.5) is 17.1 Å². The molecule has 10 nitrogen and oxygen atoms in total. The highest BCUT2D eigenvalue weighted by atomic mass is 32.2. The van der Waals surface area contributed by atoms with Crippen LogP contribution >= 0.6 is 0 Å². The molecular weight excluding hydrogens is 498 g/mol. The number of methoxy groups -OCH3 is 1. The minimum Gasteiger partial charge on any atom is -0.497 e. The maximum atomic E-state index is 13.6. The second kappa shape index (κ2) is 12.0. The summed E-state index contributed by atoms with van der Waals surface area (Å²) in [7, 11) is -2.69. The third kappa shape index (κ3) is 7.07. The molecule has 2 amide bonds. The molecule has 37 heavy (non-hydrogen) atoms. The van der Waals surface area contributed by atoms with Crippen LogP contribution in [0.3, 0.4) is 0 Å². The van der Waals surface area contributed by atoms with E-state index in [9.17, 15) is 22.8 Å². The highest BCUT2D eigenvalue weighted by molar-refractivity contribution is 7.92. The number of nitrogens with one attached hydrogen (secondary N) is 2. The maximum absolute atomic E-state index is 13.6. The van der Waals surface area contributed by atoms with E-state index in [0.717, 1.165) is 4.31 Å². The molecule has 3 rings (SSSR count). The Bertz CT molecular complexity index is 1350.